The van der Waals surface area contributed by atoms with Crippen molar-refractivity contribution in [2.24, 2.45) is 0 Å². The van der Waals surface area contributed by atoms with Crippen LogP contribution in [0.5, 0.6) is 0 Å². The third-order valence-corrected chi connectivity index (χ3v) is 8.59. The summed E-state index contributed by atoms with van der Waals surface area (Å²) in [5.41, 5.74) is 8.53. The van der Waals surface area contributed by atoms with Crippen molar-refractivity contribution in [3.8, 4) is 22.5 Å². The van der Waals surface area contributed by atoms with Crippen LogP contribution in [-0.2, 0) is 4.74 Å². The first-order valence-electron chi connectivity index (χ1n) is 14.6. The minimum absolute atomic E-state index is 0.141. The van der Waals surface area contributed by atoms with Gasteiger partial charge in [-0.15, -0.1) is 0 Å². The summed E-state index contributed by atoms with van der Waals surface area (Å²) in [6, 6.07) is 14.2. The second-order valence-corrected chi connectivity index (χ2v) is 11.4. The van der Waals surface area contributed by atoms with E-state index in [9.17, 15) is 9.59 Å². The number of nitrogens with one attached hydrogen (secondary N) is 3. The molecule has 0 spiro atoms. The fraction of sp³-hybridized carbons (Fsp3) is 0.452. The lowest BCUT2D eigenvalue weighted by molar-refractivity contribution is 0.0312. The van der Waals surface area contributed by atoms with Gasteiger partial charge in [-0.05, 0) is 51.3 Å². The van der Waals surface area contributed by atoms with Crippen molar-refractivity contribution in [1.29, 1.82) is 0 Å². The van der Waals surface area contributed by atoms with Gasteiger partial charge in [0.25, 0.3) is 0 Å². The molecule has 3 heterocycles. The van der Waals surface area contributed by atoms with Crippen LogP contribution in [0.2, 0.25) is 0 Å². The molecule has 3 aromatic rings. The predicted octanol–water partition coefficient (Wildman–Crippen LogP) is 4.36. The van der Waals surface area contributed by atoms with Crippen LogP contribution in [0.15, 0.2) is 42.5 Å². The fourth-order valence-electron chi connectivity index (χ4n) is 6.22. The van der Waals surface area contributed by atoms with Gasteiger partial charge in [-0.3, -0.25) is 20.2 Å². The summed E-state index contributed by atoms with van der Waals surface area (Å²) in [6.07, 6.45) is 2.85. The van der Waals surface area contributed by atoms with Crippen LogP contribution in [0, 0.1) is 0 Å². The predicted molar refractivity (Wildman–Crippen MR) is 160 cm³/mol. The molecule has 2 amide bonds. The molecule has 216 valence electrons. The zero-order chi connectivity index (χ0) is 28.5. The maximum atomic E-state index is 13.8. The van der Waals surface area contributed by atoms with Gasteiger partial charge >= 0.3 is 6.03 Å². The Balaban J connectivity index is 1.18. The number of fused-ring (bicyclic) bond motifs is 3. The number of benzene rings is 2. The second kappa shape index (κ2) is 11.6. The highest BCUT2D eigenvalue weighted by atomic mass is 16.5. The molecule has 3 aliphatic rings. The molecule has 0 atom stereocenters. The smallest absolute Gasteiger partial charge is 0.333 e. The van der Waals surface area contributed by atoms with E-state index in [-0.39, 0.29) is 17.9 Å². The summed E-state index contributed by atoms with van der Waals surface area (Å²) in [5.74, 6) is -0.141. The number of rotatable bonds is 6. The molecule has 10 nitrogen and oxygen atoms in total. The number of urea groups is 1. The summed E-state index contributed by atoms with van der Waals surface area (Å²) >= 11 is 0. The third-order valence-electron chi connectivity index (χ3n) is 8.59. The first-order valence-corrected chi connectivity index (χ1v) is 14.6. The highest BCUT2D eigenvalue weighted by molar-refractivity contribution is 6.26. The summed E-state index contributed by atoms with van der Waals surface area (Å²) in [4.78, 5) is 31.6. The largest absolute Gasteiger partial charge is 0.381 e. The fourth-order valence-corrected chi connectivity index (χ4v) is 6.22. The van der Waals surface area contributed by atoms with E-state index in [2.05, 4.69) is 56.7 Å². The Bertz CT molecular complexity index is 1410. The Morgan fingerprint density at radius 3 is 2.59 bits per heavy atom. The number of hydrogen-bond acceptors (Lipinski definition) is 7. The number of aromatic nitrogens is 2. The van der Waals surface area contributed by atoms with E-state index in [1.165, 1.54) is 5.69 Å². The molecule has 3 N–H and O–H groups in total. The molecule has 10 heteroatoms. The van der Waals surface area contributed by atoms with Gasteiger partial charge < -0.3 is 15.0 Å². The molecule has 0 unspecified atom stereocenters. The van der Waals surface area contributed by atoms with Gasteiger partial charge in [-0.1, -0.05) is 24.3 Å². The summed E-state index contributed by atoms with van der Waals surface area (Å²) < 4.78 is 5.42. The number of H-pyrrole nitrogens is 1. The van der Waals surface area contributed by atoms with Crippen LogP contribution >= 0.6 is 0 Å². The Hall–Kier alpha value is -3.73. The molecule has 2 fully saturated rings. The molecule has 2 aliphatic heterocycles. The van der Waals surface area contributed by atoms with E-state index in [1.807, 2.05) is 36.3 Å². The zero-order valence-corrected chi connectivity index (χ0v) is 24.1. The lowest BCUT2D eigenvalue weighted by atomic mass is 10.0. The molecule has 2 saturated heterocycles. The number of carbonyl (C=O) groups excluding carboxylic acids is 2. The quantitative estimate of drug-likeness (QED) is 0.303. The molecule has 41 heavy (non-hydrogen) atoms. The lowest BCUT2D eigenvalue weighted by Crippen LogP contribution is -2.49. The number of hydrogen-bond donors (Lipinski definition) is 3. The van der Waals surface area contributed by atoms with Crippen LogP contribution in [0.1, 0.15) is 49.0 Å². The highest BCUT2D eigenvalue weighted by Gasteiger charge is 2.35. The minimum atomic E-state index is -0.380. The van der Waals surface area contributed by atoms with Gasteiger partial charge in [0.05, 0.1) is 22.5 Å². The van der Waals surface area contributed by atoms with Crippen molar-refractivity contribution in [3.05, 3.63) is 53.6 Å². The van der Waals surface area contributed by atoms with Crippen molar-refractivity contribution < 1.29 is 14.3 Å². The molecule has 0 saturated carbocycles. The van der Waals surface area contributed by atoms with Gasteiger partial charge in [0.2, 0.25) is 0 Å². The first kappa shape index (κ1) is 27.4. The topological polar surface area (TPSA) is 106 Å². The lowest BCUT2D eigenvalue weighted by Gasteiger charge is -2.31. The molecule has 6 rings (SSSR count). The number of anilines is 2. The van der Waals surface area contributed by atoms with E-state index < -0.39 is 0 Å². The van der Waals surface area contributed by atoms with E-state index >= 15 is 0 Å². The average Bonchev–Trinajstić information content (AvgIpc) is 3.42. The van der Waals surface area contributed by atoms with Gasteiger partial charge in [-0.2, -0.15) is 5.10 Å². The van der Waals surface area contributed by atoms with Crippen molar-refractivity contribution in [2.75, 3.05) is 56.7 Å². The minimum Gasteiger partial charge on any atom is -0.381 e. The summed E-state index contributed by atoms with van der Waals surface area (Å²) in [6.45, 7) is 10.1. The van der Waals surface area contributed by atoms with E-state index in [4.69, 9.17) is 4.74 Å². The van der Waals surface area contributed by atoms with E-state index in [0.29, 0.717) is 47.5 Å². The van der Waals surface area contributed by atoms with E-state index in [0.717, 1.165) is 56.6 Å². The molecule has 0 bridgehead atoms. The maximum absolute atomic E-state index is 13.8. The van der Waals surface area contributed by atoms with Crippen molar-refractivity contribution in [2.45, 2.75) is 45.2 Å². The van der Waals surface area contributed by atoms with Crippen molar-refractivity contribution in [1.82, 2.24) is 25.5 Å². The number of ketones is 1. The normalized spacial score (nSPS) is 18.0. The average molecular weight is 558 g/mol. The van der Waals surface area contributed by atoms with Crippen LogP contribution in [-0.4, -0.2) is 90.4 Å². The number of nitrogens with zero attached hydrogens (tertiary/aromatic N) is 4. The third kappa shape index (κ3) is 5.47. The Labute approximate surface area is 241 Å². The van der Waals surface area contributed by atoms with Crippen LogP contribution in [0.25, 0.3) is 22.5 Å². The van der Waals surface area contributed by atoms with Crippen LogP contribution in [0.3, 0.4) is 0 Å². The number of amides is 2. The van der Waals surface area contributed by atoms with Gasteiger partial charge in [0, 0.05) is 75.3 Å². The SMILES string of the molecule is CC(C)N1CCCN(c2ccc(-c3n[nH]c4c3C(=O)c3c(NC(=O)NN(C)C5CCOCC5)cccc3-4)cc2)CC1. The van der Waals surface area contributed by atoms with Crippen molar-refractivity contribution >= 4 is 23.2 Å². The standard InChI is InChI=1S/C31H39N7O3/c1-20(2)37-14-5-15-38(17-16-37)23-10-8-21(9-11-23)28-27-29(34-33-28)24-6-4-7-25(26(24)30(27)39)32-31(40)35-36(3)22-12-18-41-19-13-22/h4,6-11,20,22H,5,12-19H2,1-3H3,(H,33,34)(H2,32,35,40). The Morgan fingerprint density at radius 2 is 1.83 bits per heavy atom. The number of ether oxygens (including phenoxy) is 1. The van der Waals surface area contributed by atoms with Gasteiger partial charge in [0.1, 0.15) is 5.69 Å². The zero-order valence-electron chi connectivity index (χ0n) is 24.1. The van der Waals surface area contributed by atoms with Crippen LogP contribution < -0.4 is 15.6 Å². The molecular weight excluding hydrogens is 518 g/mol. The number of hydrazine groups is 1. The molecule has 1 aromatic heterocycles. The van der Waals surface area contributed by atoms with Gasteiger partial charge in [-0.25, -0.2) is 9.80 Å². The van der Waals surface area contributed by atoms with Gasteiger partial charge in [0.15, 0.2) is 5.78 Å². The maximum Gasteiger partial charge on any atom is 0.333 e. The molecule has 0 radical (unpaired) electrons. The van der Waals surface area contributed by atoms with E-state index in [1.54, 1.807) is 6.07 Å². The Kier molecular flexibility index (Phi) is 7.79. The summed E-state index contributed by atoms with van der Waals surface area (Å²) in [7, 11) is 1.86. The summed E-state index contributed by atoms with van der Waals surface area (Å²) in [5, 5.41) is 12.4. The molecule has 1 aliphatic carbocycles. The monoisotopic (exact) mass is 557 g/mol. The molecule has 2 aromatic carbocycles. The number of aromatic amines is 1. The van der Waals surface area contributed by atoms with Crippen molar-refractivity contribution in [3.63, 3.8) is 0 Å². The highest BCUT2D eigenvalue weighted by Crippen LogP contribution is 2.43. The second-order valence-electron chi connectivity index (χ2n) is 11.4. The molecular formula is C31H39N7O3. The van der Waals surface area contributed by atoms with Crippen LogP contribution in [0.4, 0.5) is 16.2 Å². The Morgan fingerprint density at radius 1 is 1.05 bits per heavy atom. The first-order chi connectivity index (χ1) is 19.9. The number of carbonyl (C=O) groups is 2.